The summed E-state index contributed by atoms with van der Waals surface area (Å²) in [5.74, 6) is -0.924. The Labute approximate surface area is 97.9 Å². The fraction of sp³-hybridized carbons (Fsp3) is 0.250. The first kappa shape index (κ1) is 11.7. The molecule has 1 aromatic carbocycles. The zero-order valence-electron chi connectivity index (χ0n) is 9.45. The van der Waals surface area contributed by atoms with Gasteiger partial charge in [0.25, 0.3) is 0 Å². The Hall–Kier alpha value is -1.75. The van der Waals surface area contributed by atoms with Crippen molar-refractivity contribution < 1.29 is 8.78 Å². The quantitative estimate of drug-likeness (QED) is 0.887. The lowest BCUT2D eigenvalue weighted by Crippen LogP contribution is -2.11. The molecule has 0 bridgehead atoms. The second-order valence-corrected chi connectivity index (χ2v) is 3.80. The predicted octanol–water partition coefficient (Wildman–Crippen LogP) is 1.98. The van der Waals surface area contributed by atoms with Crippen LogP contribution in [-0.2, 0) is 13.1 Å². The molecule has 2 rings (SSSR count). The molecule has 17 heavy (non-hydrogen) atoms. The Morgan fingerprint density at radius 2 is 2.12 bits per heavy atom. The van der Waals surface area contributed by atoms with Crippen LogP contribution in [0.1, 0.15) is 17.1 Å². The number of hydrogen-bond donors (Lipinski definition) is 1. The largest absolute Gasteiger partial charge is 0.326 e. The van der Waals surface area contributed by atoms with E-state index in [2.05, 4.69) is 4.98 Å². The van der Waals surface area contributed by atoms with Gasteiger partial charge < -0.3 is 10.3 Å². The molecule has 0 atom stereocenters. The minimum atomic E-state index is -0.838. The minimum absolute atomic E-state index is 0.238. The number of aromatic nitrogens is 2. The maximum absolute atomic E-state index is 13.5. The smallest absolute Gasteiger partial charge is 0.163 e. The van der Waals surface area contributed by atoms with E-state index in [-0.39, 0.29) is 6.54 Å². The van der Waals surface area contributed by atoms with Crippen LogP contribution < -0.4 is 5.73 Å². The summed E-state index contributed by atoms with van der Waals surface area (Å²) in [6, 6.07) is 4.14. The maximum Gasteiger partial charge on any atom is 0.163 e. The SMILES string of the molecule is Cc1ncc(CN)n1Cc1cccc(F)c1F. The molecule has 0 spiro atoms. The van der Waals surface area contributed by atoms with Crippen molar-refractivity contribution in [2.75, 3.05) is 0 Å². The van der Waals surface area contributed by atoms with Gasteiger partial charge in [-0.05, 0) is 13.0 Å². The molecule has 1 heterocycles. The summed E-state index contributed by atoms with van der Waals surface area (Å²) < 4.78 is 28.4. The molecule has 2 N–H and O–H groups in total. The molecule has 0 aliphatic carbocycles. The Bertz CT molecular complexity index is 535. The molecular formula is C12H13F2N3. The van der Waals surface area contributed by atoms with Crippen molar-refractivity contribution in [3.05, 3.63) is 53.1 Å². The van der Waals surface area contributed by atoms with Gasteiger partial charge in [0.15, 0.2) is 11.6 Å². The number of halogens is 2. The van der Waals surface area contributed by atoms with E-state index in [0.717, 1.165) is 17.6 Å². The normalized spacial score (nSPS) is 10.8. The molecule has 0 fully saturated rings. The molecule has 0 amide bonds. The summed E-state index contributed by atoms with van der Waals surface area (Å²) in [4.78, 5) is 4.10. The van der Waals surface area contributed by atoms with Gasteiger partial charge in [0, 0.05) is 18.3 Å². The Balaban J connectivity index is 2.37. The summed E-state index contributed by atoms with van der Waals surface area (Å²) in [6.07, 6.45) is 1.65. The molecule has 90 valence electrons. The summed E-state index contributed by atoms with van der Waals surface area (Å²) in [5.41, 5.74) is 6.65. The van der Waals surface area contributed by atoms with Crippen LogP contribution in [0.4, 0.5) is 8.78 Å². The topological polar surface area (TPSA) is 43.8 Å². The van der Waals surface area contributed by atoms with Gasteiger partial charge in [0.05, 0.1) is 12.2 Å². The number of nitrogens with two attached hydrogens (primary N) is 1. The number of rotatable bonds is 3. The molecule has 3 nitrogen and oxygen atoms in total. The van der Waals surface area contributed by atoms with Crippen LogP contribution in [-0.4, -0.2) is 9.55 Å². The molecular weight excluding hydrogens is 224 g/mol. The summed E-state index contributed by atoms with van der Waals surface area (Å²) in [6.45, 7) is 2.36. The van der Waals surface area contributed by atoms with Crippen molar-refractivity contribution in [2.45, 2.75) is 20.0 Å². The Morgan fingerprint density at radius 3 is 2.82 bits per heavy atom. The van der Waals surface area contributed by atoms with Crippen LogP contribution >= 0.6 is 0 Å². The van der Waals surface area contributed by atoms with Gasteiger partial charge in [-0.2, -0.15) is 0 Å². The average Bonchev–Trinajstić information content (AvgIpc) is 2.66. The van der Waals surface area contributed by atoms with Gasteiger partial charge >= 0.3 is 0 Å². The number of hydrogen-bond acceptors (Lipinski definition) is 2. The number of aryl methyl sites for hydroxylation is 1. The van der Waals surface area contributed by atoms with Crippen LogP contribution in [0.25, 0.3) is 0 Å². The highest BCUT2D eigenvalue weighted by Gasteiger charge is 2.11. The average molecular weight is 237 g/mol. The standard InChI is InChI=1S/C12H13F2N3/c1-8-16-6-10(5-15)17(8)7-9-3-2-4-11(13)12(9)14/h2-4,6H,5,7,15H2,1H3. The highest BCUT2D eigenvalue weighted by molar-refractivity contribution is 5.20. The van der Waals surface area contributed by atoms with Crippen LogP contribution in [0, 0.1) is 18.6 Å². The second-order valence-electron chi connectivity index (χ2n) is 3.80. The lowest BCUT2D eigenvalue weighted by molar-refractivity contribution is 0.493. The van der Waals surface area contributed by atoms with Gasteiger partial charge in [0.1, 0.15) is 5.82 Å². The van der Waals surface area contributed by atoms with Crippen molar-refractivity contribution in [1.29, 1.82) is 0 Å². The highest BCUT2D eigenvalue weighted by atomic mass is 19.2. The fourth-order valence-electron chi connectivity index (χ4n) is 1.73. The van der Waals surface area contributed by atoms with Crippen molar-refractivity contribution in [3.63, 3.8) is 0 Å². The van der Waals surface area contributed by atoms with E-state index < -0.39 is 11.6 Å². The lowest BCUT2D eigenvalue weighted by Gasteiger charge is -2.10. The van der Waals surface area contributed by atoms with E-state index in [9.17, 15) is 8.78 Å². The summed E-state index contributed by atoms with van der Waals surface area (Å²) in [5, 5.41) is 0. The zero-order valence-corrected chi connectivity index (χ0v) is 9.45. The Morgan fingerprint density at radius 1 is 1.35 bits per heavy atom. The molecule has 0 saturated carbocycles. The predicted molar refractivity (Wildman–Crippen MR) is 60.3 cm³/mol. The van der Waals surface area contributed by atoms with Crippen molar-refractivity contribution in [2.24, 2.45) is 5.73 Å². The molecule has 5 heteroatoms. The molecule has 1 aromatic heterocycles. The Kier molecular flexibility index (Phi) is 3.19. The molecule has 0 saturated heterocycles. The van der Waals surface area contributed by atoms with Crippen molar-refractivity contribution >= 4 is 0 Å². The minimum Gasteiger partial charge on any atom is -0.326 e. The number of imidazole rings is 1. The van der Waals surface area contributed by atoms with E-state index >= 15 is 0 Å². The molecule has 0 radical (unpaired) electrons. The lowest BCUT2D eigenvalue weighted by atomic mass is 10.2. The van der Waals surface area contributed by atoms with Gasteiger partial charge in [-0.15, -0.1) is 0 Å². The van der Waals surface area contributed by atoms with E-state index in [1.165, 1.54) is 6.07 Å². The number of nitrogens with zero attached hydrogens (tertiary/aromatic N) is 2. The number of benzene rings is 1. The van der Waals surface area contributed by atoms with Crippen molar-refractivity contribution in [3.8, 4) is 0 Å². The molecule has 0 aliphatic heterocycles. The molecule has 2 aromatic rings. The second kappa shape index (κ2) is 4.63. The third-order valence-corrected chi connectivity index (χ3v) is 2.71. The van der Waals surface area contributed by atoms with Gasteiger partial charge in [-0.3, -0.25) is 0 Å². The van der Waals surface area contributed by atoms with Crippen LogP contribution in [0.2, 0.25) is 0 Å². The van der Waals surface area contributed by atoms with Gasteiger partial charge in [0.2, 0.25) is 0 Å². The first-order chi connectivity index (χ1) is 8.13. The fourth-order valence-corrected chi connectivity index (χ4v) is 1.73. The van der Waals surface area contributed by atoms with E-state index in [0.29, 0.717) is 12.1 Å². The van der Waals surface area contributed by atoms with E-state index in [4.69, 9.17) is 5.73 Å². The van der Waals surface area contributed by atoms with Gasteiger partial charge in [-0.1, -0.05) is 12.1 Å². The highest BCUT2D eigenvalue weighted by Crippen LogP contribution is 2.15. The third-order valence-electron chi connectivity index (χ3n) is 2.71. The van der Waals surface area contributed by atoms with Gasteiger partial charge in [-0.25, -0.2) is 13.8 Å². The summed E-state index contributed by atoms with van der Waals surface area (Å²) in [7, 11) is 0. The first-order valence-corrected chi connectivity index (χ1v) is 5.27. The third kappa shape index (κ3) is 2.19. The molecule has 0 aliphatic rings. The summed E-state index contributed by atoms with van der Waals surface area (Å²) >= 11 is 0. The van der Waals surface area contributed by atoms with E-state index in [1.807, 2.05) is 0 Å². The van der Waals surface area contributed by atoms with Crippen LogP contribution in [0.5, 0.6) is 0 Å². The van der Waals surface area contributed by atoms with Crippen molar-refractivity contribution in [1.82, 2.24) is 9.55 Å². The zero-order chi connectivity index (χ0) is 12.4. The van der Waals surface area contributed by atoms with Crippen LogP contribution in [0.3, 0.4) is 0 Å². The van der Waals surface area contributed by atoms with E-state index in [1.54, 1.807) is 23.8 Å². The van der Waals surface area contributed by atoms with Crippen LogP contribution in [0.15, 0.2) is 24.4 Å². The maximum atomic E-state index is 13.5. The molecule has 0 unspecified atom stereocenters. The monoisotopic (exact) mass is 237 g/mol. The first-order valence-electron chi connectivity index (χ1n) is 5.27.